The van der Waals surface area contributed by atoms with Crippen LogP contribution < -0.4 is 5.32 Å². The highest BCUT2D eigenvalue weighted by Gasteiger charge is 2.13. The Kier molecular flexibility index (Phi) is 3.92. The lowest BCUT2D eigenvalue weighted by molar-refractivity contribution is 0.105. The number of benzene rings is 2. The molecule has 0 aliphatic rings. The van der Waals surface area contributed by atoms with E-state index in [-0.39, 0.29) is 5.78 Å². The van der Waals surface area contributed by atoms with Crippen LogP contribution in [0.5, 0.6) is 0 Å². The quantitative estimate of drug-likeness (QED) is 0.654. The lowest BCUT2D eigenvalue weighted by Crippen LogP contribution is -2.06. The minimum atomic E-state index is 0.0242. The maximum Gasteiger partial charge on any atom is 0.195 e. The van der Waals surface area contributed by atoms with E-state index < -0.39 is 0 Å². The van der Waals surface area contributed by atoms with Crippen molar-refractivity contribution in [1.82, 2.24) is 5.32 Å². The van der Waals surface area contributed by atoms with Crippen LogP contribution in [0.3, 0.4) is 0 Å². The first kappa shape index (κ1) is 12.1. The zero-order valence-corrected chi connectivity index (χ0v) is 10.3. The lowest BCUT2D eigenvalue weighted by Gasteiger charge is -2.07. The van der Waals surface area contributed by atoms with Crippen LogP contribution in [0.15, 0.2) is 66.9 Å². The first-order valence-electron chi connectivity index (χ1n) is 5.85. The fourth-order valence-electron chi connectivity index (χ4n) is 1.79. The van der Waals surface area contributed by atoms with E-state index in [1.165, 1.54) is 0 Å². The summed E-state index contributed by atoms with van der Waals surface area (Å²) >= 11 is 0. The highest BCUT2D eigenvalue weighted by Crippen LogP contribution is 2.18. The molecule has 0 spiro atoms. The summed E-state index contributed by atoms with van der Waals surface area (Å²) in [5, 5.41) is 2.93. The van der Waals surface area contributed by atoms with E-state index >= 15 is 0 Å². The normalized spacial score (nSPS) is 11.1. The molecule has 0 aromatic heterocycles. The third-order valence-corrected chi connectivity index (χ3v) is 2.65. The molecule has 0 saturated heterocycles. The Morgan fingerprint density at radius 2 is 1.39 bits per heavy atom. The number of nitrogens with one attached hydrogen (secondary N) is 1. The number of allylic oxidation sites excluding steroid dienone is 1. The molecule has 0 aliphatic heterocycles. The van der Waals surface area contributed by atoms with Crippen molar-refractivity contribution < 1.29 is 4.79 Å². The van der Waals surface area contributed by atoms with Gasteiger partial charge in [-0.3, -0.25) is 4.79 Å². The zero-order valence-electron chi connectivity index (χ0n) is 10.3. The summed E-state index contributed by atoms with van der Waals surface area (Å²) in [4.78, 5) is 12.4. The van der Waals surface area contributed by atoms with E-state index in [4.69, 9.17) is 0 Å². The van der Waals surface area contributed by atoms with Crippen molar-refractivity contribution in [3.05, 3.63) is 78.0 Å². The standard InChI is InChI=1S/C16H15NO/c1-17-12-15(13-8-4-2-5-9-13)16(18)14-10-6-3-7-11-14/h2-12,17H,1H3. The second-order valence-electron chi connectivity index (χ2n) is 3.91. The Balaban J connectivity index is 2.39. The molecule has 0 fully saturated rings. The van der Waals surface area contributed by atoms with Crippen LogP contribution in [-0.2, 0) is 0 Å². The van der Waals surface area contributed by atoms with Gasteiger partial charge in [-0.25, -0.2) is 0 Å². The fourth-order valence-corrected chi connectivity index (χ4v) is 1.79. The van der Waals surface area contributed by atoms with E-state index in [1.807, 2.05) is 60.7 Å². The molecule has 0 amide bonds. The molecule has 2 rings (SSSR count). The molecule has 2 nitrogen and oxygen atoms in total. The highest BCUT2D eigenvalue weighted by atomic mass is 16.1. The molecule has 0 radical (unpaired) electrons. The topological polar surface area (TPSA) is 29.1 Å². The predicted octanol–water partition coefficient (Wildman–Crippen LogP) is 3.13. The molecule has 90 valence electrons. The molecule has 2 heteroatoms. The largest absolute Gasteiger partial charge is 0.393 e. The summed E-state index contributed by atoms with van der Waals surface area (Å²) in [6, 6.07) is 19.0. The number of ketones is 1. The smallest absolute Gasteiger partial charge is 0.195 e. The Hall–Kier alpha value is -2.35. The van der Waals surface area contributed by atoms with Gasteiger partial charge in [-0.2, -0.15) is 0 Å². The molecule has 0 atom stereocenters. The predicted molar refractivity (Wildman–Crippen MR) is 74.3 cm³/mol. The number of carbonyl (C=O) groups is 1. The molecule has 2 aromatic rings. The molecule has 0 saturated carbocycles. The Labute approximate surface area is 107 Å². The van der Waals surface area contributed by atoms with E-state index in [2.05, 4.69) is 5.32 Å². The molecular formula is C16H15NO. The third-order valence-electron chi connectivity index (χ3n) is 2.65. The van der Waals surface area contributed by atoms with Crippen LogP contribution in [0, 0.1) is 0 Å². The number of rotatable bonds is 4. The monoisotopic (exact) mass is 237 g/mol. The Morgan fingerprint density at radius 3 is 1.89 bits per heavy atom. The summed E-state index contributed by atoms with van der Waals surface area (Å²) in [6.45, 7) is 0. The van der Waals surface area contributed by atoms with E-state index in [1.54, 1.807) is 13.2 Å². The Morgan fingerprint density at radius 1 is 0.889 bits per heavy atom. The van der Waals surface area contributed by atoms with Gasteiger partial charge >= 0.3 is 0 Å². The van der Waals surface area contributed by atoms with Gasteiger partial charge in [0.05, 0.1) is 0 Å². The second kappa shape index (κ2) is 5.82. The van der Waals surface area contributed by atoms with Crippen molar-refractivity contribution in [2.45, 2.75) is 0 Å². The van der Waals surface area contributed by atoms with Crippen LogP contribution in [0.25, 0.3) is 5.57 Å². The van der Waals surface area contributed by atoms with Crippen LogP contribution in [-0.4, -0.2) is 12.8 Å². The van der Waals surface area contributed by atoms with Gasteiger partial charge in [0, 0.05) is 24.4 Å². The molecule has 0 unspecified atom stereocenters. The summed E-state index contributed by atoms with van der Waals surface area (Å²) in [5.41, 5.74) is 2.29. The number of hydrogen-bond acceptors (Lipinski definition) is 2. The van der Waals surface area contributed by atoms with Crippen molar-refractivity contribution in [1.29, 1.82) is 0 Å². The maximum atomic E-state index is 12.4. The molecule has 1 N–H and O–H groups in total. The molecule has 0 bridgehead atoms. The fraction of sp³-hybridized carbons (Fsp3) is 0.0625. The van der Waals surface area contributed by atoms with Gasteiger partial charge in [-0.1, -0.05) is 60.7 Å². The lowest BCUT2D eigenvalue weighted by atomic mass is 9.98. The van der Waals surface area contributed by atoms with Crippen LogP contribution >= 0.6 is 0 Å². The molecule has 2 aromatic carbocycles. The Bertz CT molecular complexity index is 544. The summed E-state index contributed by atoms with van der Waals surface area (Å²) < 4.78 is 0. The van der Waals surface area contributed by atoms with E-state index in [9.17, 15) is 4.79 Å². The van der Waals surface area contributed by atoms with Gasteiger partial charge < -0.3 is 5.32 Å². The SMILES string of the molecule is CNC=C(C(=O)c1ccccc1)c1ccccc1. The number of carbonyl (C=O) groups excluding carboxylic acids is 1. The van der Waals surface area contributed by atoms with Crippen molar-refractivity contribution in [3.63, 3.8) is 0 Å². The van der Waals surface area contributed by atoms with Gasteiger partial charge in [-0.15, -0.1) is 0 Å². The first-order chi connectivity index (χ1) is 8.83. The average molecular weight is 237 g/mol. The molecule has 0 heterocycles. The zero-order chi connectivity index (χ0) is 12.8. The van der Waals surface area contributed by atoms with Crippen molar-refractivity contribution >= 4 is 11.4 Å². The first-order valence-corrected chi connectivity index (χ1v) is 5.85. The minimum Gasteiger partial charge on any atom is -0.393 e. The maximum absolute atomic E-state index is 12.4. The molecule has 18 heavy (non-hydrogen) atoms. The van der Waals surface area contributed by atoms with Gasteiger partial charge in [-0.05, 0) is 5.56 Å². The van der Waals surface area contributed by atoms with Crippen LogP contribution in [0.4, 0.5) is 0 Å². The average Bonchev–Trinajstić information content (AvgIpc) is 2.46. The van der Waals surface area contributed by atoms with Crippen LogP contribution in [0.1, 0.15) is 15.9 Å². The highest BCUT2D eigenvalue weighted by molar-refractivity contribution is 6.28. The second-order valence-corrected chi connectivity index (χ2v) is 3.91. The van der Waals surface area contributed by atoms with Crippen molar-refractivity contribution in [2.75, 3.05) is 7.05 Å². The summed E-state index contributed by atoms with van der Waals surface area (Å²) in [5.74, 6) is 0.0242. The third kappa shape index (κ3) is 2.66. The summed E-state index contributed by atoms with van der Waals surface area (Å²) in [6.07, 6.45) is 1.74. The van der Waals surface area contributed by atoms with Crippen molar-refractivity contribution in [3.8, 4) is 0 Å². The molecule has 0 aliphatic carbocycles. The van der Waals surface area contributed by atoms with E-state index in [0.29, 0.717) is 11.1 Å². The van der Waals surface area contributed by atoms with Crippen LogP contribution in [0.2, 0.25) is 0 Å². The molecular weight excluding hydrogens is 222 g/mol. The number of Topliss-reactive ketones (excluding diaryl/α,β-unsaturated/α-hetero) is 1. The van der Waals surface area contributed by atoms with Crippen molar-refractivity contribution in [2.24, 2.45) is 0 Å². The van der Waals surface area contributed by atoms with E-state index in [0.717, 1.165) is 5.56 Å². The summed E-state index contributed by atoms with van der Waals surface area (Å²) in [7, 11) is 1.79. The van der Waals surface area contributed by atoms with Gasteiger partial charge in [0.2, 0.25) is 0 Å². The minimum absolute atomic E-state index is 0.0242. The van der Waals surface area contributed by atoms with Gasteiger partial charge in [0.1, 0.15) is 0 Å². The number of hydrogen-bond donors (Lipinski definition) is 1. The van der Waals surface area contributed by atoms with Gasteiger partial charge in [0.15, 0.2) is 5.78 Å². The van der Waals surface area contributed by atoms with Gasteiger partial charge in [0.25, 0.3) is 0 Å².